The molecule has 1 aliphatic rings. The van der Waals surface area contributed by atoms with Gasteiger partial charge in [-0.1, -0.05) is 5.16 Å². The molecule has 1 aromatic rings. The zero-order chi connectivity index (χ0) is 15.4. The van der Waals surface area contributed by atoms with Crippen LogP contribution in [0.5, 0.6) is 0 Å². The van der Waals surface area contributed by atoms with Gasteiger partial charge < -0.3 is 14.7 Å². The Morgan fingerprint density at radius 3 is 2.52 bits per heavy atom. The van der Waals surface area contributed by atoms with Gasteiger partial charge in [-0.05, 0) is 20.8 Å². The standard InChI is InChI=1S/C14H22N4O3/c1-10(2)15-13(19)9-17-4-6-18(7-5-17)14(20)12-8-11(3)16-21-12/h8,10H,4-7,9H2,1-3H3,(H,15,19). The van der Waals surface area contributed by atoms with E-state index < -0.39 is 0 Å². The molecule has 0 saturated carbocycles. The lowest BCUT2D eigenvalue weighted by Gasteiger charge is -2.33. The van der Waals surface area contributed by atoms with E-state index in [1.54, 1.807) is 17.9 Å². The van der Waals surface area contributed by atoms with Crippen LogP contribution in [0.4, 0.5) is 0 Å². The Hall–Kier alpha value is -1.89. The Bertz CT molecular complexity index is 504. The molecule has 7 nitrogen and oxygen atoms in total. The van der Waals surface area contributed by atoms with Crippen LogP contribution >= 0.6 is 0 Å². The van der Waals surface area contributed by atoms with E-state index in [2.05, 4.69) is 10.5 Å². The third kappa shape index (κ3) is 4.29. The lowest BCUT2D eigenvalue weighted by Crippen LogP contribution is -2.51. The SMILES string of the molecule is Cc1cc(C(=O)N2CCN(CC(=O)NC(C)C)CC2)on1. The van der Waals surface area contributed by atoms with E-state index >= 15 is 0 Å². The number of nitrogens with zero attached hydrogens (tertiary/aromatic N) is 3. The normalized spacial score (nSPS) is 16.3. The topological polar surface area (TPSA) is 78.7 Å². The van der Waals surface area contributed by atoms with Crippen molar-refractivity contribution in [2.24, 2.45) is 0 Å². The summed E-state index contributed by atoms with van der Waals surface area (Å²) in [6, 6.07) is 1.79. The van der Waals surface area contributed by atoms with Gasteiger partial charge in [0.15, 0.2) is 0 Å². The first-order chi connectivity index (χ1) is 9.95. The van der Waals surface area contributed by atoms with Gasteiger partial charge >= 0.3 is 0 Å². The highest BCUT2D eigenvalue weighted by molar-refractivity contribution is 5.91. The van der Waals surface area contributed by atoms with Crippen molar-refractivity contribution in [2.75, 3.05) is 32.7 Å². The monoisotopic (exact) mass is 294 g/mol. The van der Waals surface area contributed by atoms with Gasteiger partial charge in [0.1, 0.15) is 0 Å². The Morgan fingerprint density at radius 1 is 1.33 bits per heavy atom. The third-order valence-corrected chi connectivity index (χ3v) is 3.32. The summed E-state index contributed by atoms with van der Waals surface area (Å²) >= 11 is 0. The number of aromatic nitrogens is 1. The Balaban J connectivity index is 1.80. The van der Waals surface area contributed by atoms with Crippen molar-refractivity contribution in [3.8, 4) is 0 Å². The molecular formula is C14H22N4O3. The average Bonchev–Trinajstić information content (AvgIpc) is 2.84. The van der Waals surface area contributed by atoms with Gasteiger partial charge in [0.25, 0.3) is 5.91 Å². The fourth-order valence-electron chi connectivity index (χ4n) is 2.30. The van der Waals surface area contributed by atoms with Crippen LogP contribution < -0.4 is 5.32 Å². The average molecular weight is 294 g/mol. The van der Waals surface area contributed by atoms with E-state index in [1.807, 2.05) is 18.7 Å². The number of rotatable bonds is 4. The first-order valence-electron chi connectivity index (χ1n) is 7.20. The first-order valence-corrected chi connectivity index (χ1v) is 7.20. The van der Waals surface area contributed by atoms with Gasteiger partial charge in [0.2, 0.25) is 11.7 Å². The zero-order valence-electron chi connectivity index (χ0n) is 12.8. The summed E-state index contributed by atoms with van der Waals surface area (Å²) in [6.45, 7) is 8.59. The van der Waals surface area contributed by atoms with Crippen molar-refractivity contribution in [1.29, 1.82) is 0 Å². The van der Waals surface area contributed by atoms with Crippen molar-refractivity contribution in [3.63, 3.8) is 0 Å². The molecule has 7 heteroatoms. The van der Waals surface area contributed by atoms with Gasteiger partial charge in [-0.25, -0.2) is 0 Å². The summed E-state index contributed by atoms with van der Waals surface area (Å²) in [7, 11) is 0. The number of hydrogen-bond donors (Lipinski definition) is 1. The predicted octanol–water partition coefficient (Wildman–Crippen LogP) is 0.265. The molecule has 0 unspecified atom stereocenters. The Kier molecular flexibility index (Phi) is 4.95. The molecule has 1 N–H and O–H groups in total. The molecule has 1 saturated heterocycles. The number of amides is 2. The number of carbonyl (C=O) groups excluding carboxylic acids is 2. The van der Waals surface area contributed by atoms with Crippen LogP contribution in [0.2, 0.25) is 0 Å². The molecule has 2 rings (SSSR count). The van der Waals surface area contributed by atoms with E-state index in [1.165, 1.54) is 0 Å². The van der Waals surface area contributed by atoms with Crippen molar-refractivity contribution >= 4 is 11.8 Å². The van der Waals surface area contributed by atoms with Crippen molar-refractivity contribution in [3.05, 3.63) is 17.5 Å². The highest BCUT2D eigenvalue weighted by atomic mass is 16.5. The summed E-state index contributed by atoms with van der Waals surface area (Å²) in [6.07, 6.45) is 0. The minimum Gasteiger partial charge on any atom is -0.353 e. The molecule has 0 bridgehead atoms. The summed E-state index contributed by atoms with van der Waals surface area (Å²) in [5.41, 5.74) is 0.697. The third-order valence-electron chi connectivity index (χ3n) is 3.32. The van der Waals surface area contributed by atoms with E-state index in [9.17, 15) is 9.59 Å². The van der Waals surface area contributed by atoms with Gasteiger partial charge in [0, 0.05) is 38.3 Å². The second-order valence-corrected chi connectivity index (χ2v) is 5.62. The summed E-state index contributed by atoms with van der Waals surface area (Å²) in [4.78, 5) is 27.7. The maximum Gasteiger partial charge on any atom is 0.292 e. The second-order valence-electron chi connectivity index (χ2n) is 5.62. The van der Waals surface area contributed by atoms with Gasteiger partial charge in [0.05, 0.1) is 12.2 Å². The number of nitrogens with one attached hydrogen (secondary N) is 1. The molecule has 0 radical (unpaired) electrons. The molecule has 0 atom stereocenters. The molecule has 21 heavy (non-hydrogen) atoms. The van der Waals surface area contributed by atoms with Crippen LogP contribution in [-0.4, -0.2) is 65.5 Å². The van der Waals surface area contributed by atoms with Crippen molar-refractivity contribution < 1.29 is 14.1 Å². The zero-order valence-corrected chi connectivity index (χ0v) is 12.8. The van der Waals surface area contributed by atoms with Crippen molar-refractivity contribution in [2.45, 2.75) is 26.8 Å². The molecule has 0 aliphatic carbocycles. The molecular weight excluding hydrogens is 272 g/mol. The van der Waals surface area contributed by atoms with E-state index in [0.29, 0.717) is 38.4 Å². The van der Waals surface area contributed by atoms with Crippen molar-refractivity contribution in [1.82, 2.24) is 20.3 Å². The summed E-state index contributed by atoms with van der Waals surface area (Å²) in [5.74, 6) is 0.163. The molecule has 0 spiro atoms. The van der Waals surface area contributed by atoms with Crippen LogP contribution in [0.3, 0.4) is 0 Å². The number of hydrogen-bond acceptors (Lipinski definition) is 5. The van der Waals surface area contributed by atoms with Crippen LogP contribution in [-0.2, 0) is 4.79 Å². The lowest BCUT2D eigenvalue weighted by molar-refractivity contribution is -0.123. The Labute approximate surface area is 124 Å². The fraction of sp³-hybridized carbons (Fsp3) is 0.643. The molecule has 1 fully saturated rings. The van der Waals surface area contributed by atoms with Crippen LogP contribution in [0.1, 0.15) is 30.1 Å². The second kappa shape index (κ2) is 6.71. The van der Waals surface area contributed by atoms with Gasteiger partial charge in [-0.2, -0.15) is 0 Å². The predicted molar refractivity (Wildman–Crippen MR) is 76.9 cm³/mol. The molecule has 1 aromatic heterocycles. The van der Waals surface area contributed by atoms with E-state index in [4.69, 9.17) is 4.52 Å². The highest BCUT2D eigenvalue weighted by Gasteiger charge is 2.25. The molecule has 2 amide bonds. The first kappa shape index (κ1) is 15.5. The van der Waals surface area contributed by atoms with Gasteiger partial charge in [-0.15, -0.1) is 0 Å². The highest BCUT2D eigenvalue weighted by Crippen LogP contribution is 2.09. The summed E-state index contributed by atoms with van der Waals surface area (Å²) in [5, 5.41) is 6.60. The van der Waals surface area contributed by atoms with Crippen LogP contribution in [0, 0.1) is 6.92 Å². The minimum absolute atomic E-state index is 0.0237. The molecule has 116 valence electrons. The quantitative estimate of drug-likeness (QED) is 0.862. The Morgan fingerprint density at radius 2 is 2.00 bits per heavy atom. The van der Waals surface area contributed by atoms with E-state index in [-0.39, 0.29) is 23.6 Å². The van der Waals surface area contributed by atoms with E-state index in [0.717, 1.165) is 0 Å². The number of carbonyl (C=O) groups is 2. The smallest absolute Gasteiger partial charge is 0.292 e. The number of aryl methyl sites for hydroxylation is 1. The fourth-order valence-corrected chi connectivity index (χ4v) is 2.30. The van der Waals surface area contributed by atoms with Crippen LogP contribution in [0.15, 0.2) is 10.6 Å². The maximum absolute atomic E-state index is 12.2. The molecule has 0 aromatic carbocycles. The summed E-state index contributed by atoms with van der Waals surface area (Å²) < 4.78 is 5.00. The molecule has 1 aliphatic heterocycles. The lowest BCUT2D eigenvalue weighted by atomic mass is 10.2. The molecule has 2 heterocycles. The largest absolute Gasteiger partial charge is 0.353 e. The maximum atomic E-state index is 12.2. The van der Waals surface area contributed by atoms with Crippen LogP contribution in [0.25, 0.3) is 0 Å². The number of piperazine rings is 1. The minimum atomic E-state index is -0.137. The van der Waals surface area contributed by atoms with Gasteiger partial charge in [-0.3, -0.25) is 14.5 Å².